The number of halogens is 2. The Morgan fingerprint density at radius 2 is 1.42 bits per heavy atom. The summed E-state index contributed by atoms with van der Waals surface area (Å²) in [7, 11) is 0. The summed E-state index contributed by atoms with van der Waals surface area (Å²) in [5.74, 6) is -1.16. The van der Waals surface area contributed by atoms with Crippen molar-refractivity contribution in [2.24, 2.45) is 0 Å². The Balaban J connectivity index is 1.79. The van der Waals surface area contributed by atoms with Crippen molar-refractivity contribution in [1.29, 1.82) is 0 Å². The van der Waals surface area contributed by atoms with Crippen molar-refractivity contribution in [3.63, 3.8) is 0 Å². The van der Waals surface area contributed by atoms with Gasteiger partial charge < -0.3 is 10.6 Å². The molecule has 0 aliphatic carbocycles. The molecule has 3 aromatic rings. The normalized spacial score (nSPS) is 10.2. The molecule has 0 aliphatic heterocycles. The molecule has 0 spiro atoms. The van der Waals surface area contributed by atoms with Gasteiger partial charge >= 0.3 is 0 Å². The second-order valence-electron chi connectivity index (χ2n) is 5.47. The van der Waals surface area contributed by atoms with E-state index in [1.165, 1.54) is 24.3 Å². The van der Waals surface area contributed by atoms with Crippen LogP contribution in [0.1, 0.15) is 20.7 Å². The third-order valence-corrected chi connectivity index (χ3v) is 3.88. The van der Waals surface area contributed by atoms with Crippen LogP contribution in [0, 0.1) is 5.82 Å². The van der Waals surface area contributed by atoms with E-state index in [0.717, 1.165) is 0 Å². The predicted molar refractivity (Wildman–Crippen MR) is 100 cm³/mol. The molecule has 0 unspecified atom stereocenters. The number of nitrogens with one attached hydrogen (secondary N) is 2. The molecule has 0 atom stereocenters. The maximum Gasteiger partial charge on any atom is 0.257 e. The number of benzene rings is 3. The number of carbonyl (C=O) groups excluding carboxylic acids is 2. The van der Waals surface area contributed by atoms with E-state index >= 15 is 0 Å². The van der Waals surface area contributed by atoms with Crippen LogP contribution in [0.3, 0.4) is 0 Å². The van der Waals surface area contributed by atoms with Crippen LogP contribution in [-0.4, -0.2) is 11.8 Å². The van der Waals surface area contributed by atoms with Gasteiger partial charge in [-0.05, 0) is 60.7 Å². The molecule has 2 amide bonds. The number of hydrogen-bond acceptors (Lipinski definition) is 2. The third-order valence-electron chi connectivity index (χ3n) is 3.63. The van der Waals surface area contributed by atoms with Gasteiger partial charge in [-0.25, -0.2) is 4.39 Å². The second kappa shape index (κ2) is 7.80. The van der Waals surface area contributed by atoms with Crippen molar-refractivity contribution in [1.82, 2.24) is 0 Å². The third kappa shape index (κ3) is 4.26. The van der Waals surface area contributed by atoms with Crippen LogP contribution >= 0.6 is 11.6 Å². The number of rotatable bonds is 4. The molecule has 4 nitrogen and oxygen atoms in total. The highest BCUT2D eigenvalue weighted by Crippen LogP contribution is 2.19. The molecule has 0 fully saturated rings. The van der Waals surface area contributed by atoms with Crippen LogP contribution < -0.4 is 10.6 Å². The summed E-state index contributed by atoms with van der Waals surface area (Å²) in [6.45, 7) is 0. The summed E-state index contributed by atoms with van der Waals surface area (Å²) in [4.78, 5) is 24.9. The summed E-state index contributed by atoms with van der Waals surface area (Å²) in [5.41, 5.74) is 1.53. The summed E-state index contributed by atoms with van der Waals surface area (Å²) in [5, 5.41) is 5.92. The van der Waals surface area contributed by atoms with Gasteiger partial charge in [-0.2, -0.15) is 0 Å². The number of carbonyl (C=O) groups is 2. The topological polar surface area (TPSA) is 58.2 Å². The van der Waals surface area contributed by atoms with E-state index in [-0.39, 0.29) is 5.91 Å². The molecule has 3 aromatic carbocycles. The van der Waals surface area contributed by atoms with Crippen LogP contribution in [0.2, 0.25) is 5.02 Å². The molecular weight excluding hydrogens is 355 g/mol. The van der Waals surface area contributed by atoms with Crippen molar-refractivity contribution in [2.45, 2.75) is 0 Å². The lowest BCUT2D eigenvalue weighted by atomic mass is 10.1. The van der Waals surface area contributed by atoms with Gasteiger partial charge in [-0.3, -0.25) is 9.59 Å². The monoisotopic (exact) mass is 368 g/mol. The molecule has 6 heteroatoms. The molecule has 26 heavy (non-hydrogen) atoms. The SMILES string of the molecule is O=C(Nc1ccccc1C(=O)Nc1ccc(F)cc1)c1ccc(Cl)cc1. The zero-order chi connectivity index (χ0) is 18.5. The molecule has 0 radical (unpaired) electrons. The van der Waals surface area contributed by atoms with E-state index in [9.17, 15) is 14.0 Å². The van der Waals surface area contributed by atoms with Crippen LogP contribution in [0.25, 0.3) is 0 Å². The van der Waals surface area contributed by atoms with Gasteiger partial charge in [-0.1, -0.05) is 23.7 Å². The minimum Gasteiger partial charge on any atom is -0.322 e. The molecule has 2 N–H and O–H groups in total. The smallest absolute Gasteiger partial charge is 0.257 e. The Kier molecular flexibility index (Phi) is 5.29. The van der Waals surface area contributed by atoms with Crippen molar-refractivity contribution >= 4 is 34.8 Å². The Hall–Kier alpha value is -3.18. The van der Waals surface area contributed by atoms with E-state index in [1.54, 1.807) is 48.5 Å². The van der Waals surface area contributed by atoms with Gasteiger partial charge in [0.05, 0.1) is 11.3 Å². The molecule has 0 aliphatic rings. The first-order valence-corrected chi connectivity index (χ1v) is 8.13. The van der Waals surface area contributed by atoms with Crippen LogP contribution in [0.5, 0.6) is 0 Å². The van der Waals surface area contributed by atoms with E-state index in [0.29, 0.717) is 27.5 Å². The Bertz CT molecular complexity index is 941. The number of amides is 2. The highest BCUT2D eigenvalue weighted by atomic mass is 35.5. The molecule has 0 bridgehead atoms. The zero-order valence-corrected chi connectivity index (χ0v) is 14.3. The van der Waals surface area contributed by atoms with Crippen molar-refractivity contribution < 1.29 is 14.0 Å². The summed E-state index contributed by atoms with van der Waals surface area (Å²) < 4.78 is 13.0. The van der Waals surface area contributed by atoms with Gasteiger partial charge in [0, 0.05) is 16.3 Å². The molecular formula is C20H14ClFN2O2. The van der Waals surface area contributed by atoms with Gasteiger partial charge in [-0.15, -0.1) is 0 Å². The van der Waals surface area contributed by atoms with Crippen molar-refractivity contribution in [3.8, 4) is 0 Å². The average Bonchev–Trinajstić information content (AvgIpc) is 2.64. The lowest BCUT2D eigenvalue weighted by Crippen LogP contribution is -2.18. The molecule has 0 heterocycles. The fourth-order valence-electron chi connectivity index (χ4n) is 2.32. The predicted octanol–water partition coefficient (Wildman–Crippen LogP) is 4.98. The first-order valence-electron chi connectivity index (χ1n) is 7.76. The Morgan fingerprint density at radius 3 is 2.12 bits per heavy atom. The Labute approximate surface area is 154 Å². The summed E-state index contributed by atoms with van der Waals surface area (Å²) >= 11 is 5.82. The number of para-hydroxylation sites is 1. The minimum atomic E-state index is -0.413. The molecule has 3 rings (SSSR count). The van der Waals surface area contributed by atoms with E-state index in [4.69, 9.17) is 11.6 Å². The van der Waals surface area contributed by atoms with E-state index in [2.05, 4.69) is 10.6 Å². The lowest BCUT2D eigenvalue weighted by Gasteiger charge is -2.11. The van der Waals surface area contributed by atoms with Crippen LogP contribution in [0.15, 0.2) is 72.8 Å². The van der Waals surface area contributed by atoms with Gasteiger partial charge in [0.15, 0.2) is 0 Å². The van der Waals surface area contributed by atoms with Crippen molar-refractivity contribution in [2.75, 3.05) is 10.6 Å². The van der Waals surface area contributed by atoms with Gasteiger partial charge in [0.1, 0.15) is 5.82 Å². The van der Waals surface area contributed by atoms with Crippen LogP contribution in [0.4, 0.5) is 15.8 Å². The second-order valence-corrected chi connectivity index (χ2v) is 5.90. The quantitative estimate of drug-likeness (QED) is 0.682. The minimum absolute atomic E-state index is 0.291. The van der Waals surface area contributed by atoms with Gasteiger partial charge in [0.2, 0.25) is 0 Å². The van der Waals surface area contributed by atoms with E-state index in [1.807, 2.05) is 0 Å². The Morgan fingerprint density at radius 1 is 0.769 bits per heavy atom. The van der Waals surface area contributed by atoms with E-state index < -0.39 is 11.7 Å². The molecule has 0 saturated heterocycles. The standard InChI is InChI=1S/C20H14ClFN2O2/c21-14-7-5-13(6-8-14)19(25)24-18-4-2-1-3-17(18)20(26)23-16-11-9-15(22)10-12-16/h1-12H,(H,23,26)(H,24,25). The van der Waals surface area contributed by atoms with Gasteiger partial charge in [0.25, 0.3) is 11.8 Å². The molecule has 0 aromatic heterocycles. The largest absolute Gasteiger partial charge is 0.322 e. The lowest BCUT2D eigenvalue weighted by molar-refractivity contribution is 0.102. The zero-order valence-electron chi connectivity index (χ0n) is 13.5. The highest BCUT2D eigenvalue weighted by molar-refractivity contribution is 6.30. The first kappa shape index (κ1) is 17.6. The fraction of sp³-hybridized carbons (Fsp3) is 0. The summed E-state index contributed by atoms with van der Waals surface area (Å²) in [6.07, 6.45) is 0. The summed E-state index contributed by atoms with van der Waals surface area (Å²) in [6, 6.07) is 18.5. The fourth-order valence-corrected chi connectivity index (χ4v) is 2.44. The van der Waals surface area contributed by atoms with Crippen LogP contribution in [-0.2, 0) is 0 Å². The highest BCUT2D eigenvalue weighted by Gasteiger charge is 2.14. The maximum absolute atomic E-state index is 13.0. The number of anilines is 2. The average molecular weight is 369 g/mol. The molecule has 0 saturated carbocycles. The first-order chi connectivity index (χ1) is 12.5. The number of hydrogen-bond donors (Lipinski definition) is 2. The van der Waals surface area contributed by atoms with Crippen molar-refractivity contribution in [3.05, 3.63) is 94.8 Å². The molecule has 130 valence electrons. The maximum atomic E-state index is 13.0.